The number of hydrogen-bond donors (Lipinski definition) is 2. The van der Waals surface area contributed by atoms with E-state index < -0.39 is 16.1 Å². The molecule has 0 fully saturated rings. The molecule has 1 atom stereocenters. The first-order chi connectivity index (χ1) is 13.2. The summed E-state index contributed by atoms with van der Waals surface area (Å²) < 4.78 is 33.6. The van der Waals surface area contributed by atoms with Gasteiger partial charge in [-0.3, -0.25) is 4.79 Å². The Hall–Kier alpha value is -2.38. The van der Waals surface area contributed by atoms with Gasteiger partial charge in [0.05, 0.1) is 17.6 Å². The van der Waals surface area contributed by atoms with Crippen LogP contribution in [-0.2, 0) is 16.4 Å². The van der Waals surface area contributed by atoms with Crippen LogP contribution in [0.25, 0.3) is 0 Å². The smallest absolute Gasteiger partial charge is 0.255 e. The van der Waals surface area contributed by atoms with Crippen LogP contribution in [0.5, 0.6) is 5.75 Å². The second kappa shape index (κ2) is 9.21. The molecule has 0 aromatic heterocycles. The summed E-state index contributed by atoms with van der Waals surface area (Å²) >= 11 is 0. The zero-order chi connectivity index (χ0) is 20.9. The molecule has 152 valence electrons. The third-order valence-electron chi connectivity index (χ3n) is 4.37. The molecule has 2 aromatic carbocycles. The average molecular weight is 405 g/mol. The first kappa shape index (κ1) is 21.9. The van der Waals surface area contributed by atoms with E-state index in [2.05, 4.69) is 17.0 Å². The van der Waals surface area contributed by atoms with E-state index >= 15 is 0 Å². The molecule has 0 bridgehead atoms. The zero-order valence-corrected chi connectivity index (χ0v) is 17.8. The van der Waals surface area contributed by atoms with E-state index in [0.717, 1.165) is 12.0 Å². The molecule has 6 nitrogen and oxygen atoms in total. The van der Waals surface area contributed by atoms with E-state index in [9.17, 15) is 13.2 Å². The first-order valence-electron chi connectivity index (χ1n) is 9.28. The van der Waals surface area contributed by atoms with E-state index in [0.29, 0.717) is 5.75 Å². The molecule has 0 unspecified atom stereocenters. The van der Waals surface area contributed by atoms with Gasteiger partial charge >= 0.3 is 0 Å². The molecule has 1 amide bonds. The van der Waals surface area contributed by atoms with Crippen molar-refractivity contribution in [2.24, 2.45) is 0 Å². The predicted octanol–water partition coefficient (Wildman–Crippen LogP) is 3.44. The van der Waals surface area contributed by atoms with Crippen molar-refractivity contribution in [2.45, 2.75) is 51.1 Å². The molecule has 0 spiro atoms. The van der Waals surface area contributed by atoms with Gasteiger partial charge in [0.15, 0.2) is 0 Å². The van der Waals surface area contributed by atoms with Crippen molar-refractivity contribution >= 4 is 15.9 Å². The number of ether oxygens (including phenoxy) is 1. The zero-order valence-electron chi connectivity index (χ0n) is 16.9. The lowest BCUT2D eigenvalue weighted by atomic mass is 10.1. The van der Waals surface area contributed by atoms with Gasteiger partial charge in [0.2, 0.25) is 10.0 Å². The number of carbonyl (C=O) groups excluding carboxylic acids is 1. The molecule has 0 heterocycles. The Kier molecular flexibility index (Phi) is 7.21. The van der Waals surface area contributed by atoms with E-state index in [1.54, 1.807) is 6.92 Å². The second-order valence-corrected chi connectivity index (χ2v) is 8.64. The van der Waals surface area contributed by atoms with Gasteiger partial charge in [0.1, 0.15) is 5.75 Å². The third-order valence-corrected chi connectivity index (χ3v) is 5.90. The predicted molar refractivity (Wildman–Crippen MR) is 110 cm³/mol. The van der Waals surface area contributed by atoms with Gasteiger partial charge in [-0.25, -0.2) is 13.1 Å². The Bertz CT molecular complexity index is 922. The van der Waals surface area contributed by atoms with Gasteiger partial charge in [-0.15, -0.1) is 0 Å². The molecular formula is C21H28N2O4S. The minimum absolute atomic E-state index is 0.0132. The lowest BCUT2D eigenvalue weighted by molar-refractivity contribution is 0.0940. The quantitative estimate of drug-likeness (QED) is 0.706. The average Bonchev–Trinajstić information content (AvgIpc) is 2.66. The molecule has 7 heteroatoms. The van der Waals surface area contributed by atoms with Gasteiger partial charge in [-0.05, 0) is 56.5 Å². The molecule has 0 aliphatic rings. The van der Waals surface area contributed by atoms with Crippen LogP contribution >= 0.6 is 0 Å². The van der Waals surface area contributed by atoms with Crippen molar-refractivity contribution in [1.82, 2.24) is 10.0 Å². The van der Waals surface area contributed by atoms with Crippen LogP contribution in [0.3, 0.4) is 0 Å². The minimum atomic E-state index is -3.82. The normalized spacial score (nSPS) is 12.6. The van der Waals surface area contributed by atoms with E-state index in [4.69, 9.17) is 4.74 Å². The SMILES string of the molecule is CCc1ccc([C@H](C)NS(=O)(=O)c2ccc(OC)c(C(=O)NC(C)C)c2)cc1. The number of carbonyl (C=O) groups is 1. The van der Waals surface area contributed by atoms with Gasteiger partial charge in [-0.1, -0.05) is 31.2 Å². The summed E-state index contributed by atoms with van der Waals surface area (Å²) in [5.41, 5.74) is 2.24. The Morgan fingerprint density at radius 2 is 1.71 bits per heavy atom. The maximum atomic E-state index is 12.9. The molecular weight excluding hydrogens is 376 g/mol. The monoisotopic (exact) mass is 404 g/mol. The number of methoxy groups -OCH3 is 1. The van der Waals surface area contributed by atoms with Crippen LogP contribution in [0.15, 0.2) is 47.4 Å². The molecule has 0 aliphatic carbocycles. The fourth-order valence-electron chi connectivity index (χ4n) is 2.78. The number of amides is 1. The molecule has 2 aromatic rings. The van der Waals surface area contributed by atoms with Crippen LogP contribution in [-0.4, -0.2) is 27.5 Å². The number of rotatable bonds is 8. The highest BCUT2D eigenvalue weighted by molar-refractivity contribution is 7.89. The largest absolute Gasteiger partial charge is 0.496 e. The Labute approximate surface area is 167 Å². The highest BCUT2D eigenvalue weighted by Gasteiger charge is 2.22. The van der Waals surface area contributed by atoms with Crippen molar-refractivity contribution in [1.29, 1.82) is 0 Å². The van der Waals surface area contributed by atoms with Gasteiger partial charge < -0.3 is 10.1 Å². The lowest BCUT2D eigenvalue weighted by Crippen LogP contribution is -2.31. The van der Waals surface area contributed by atoms with Crippen molar-refractivity contribution in [3.05, 3.63) is 59.2 Å². The van der Waals surface area contributed by atoms with Crippen LogP contribution in [0.2, 0.25) is 0 Å². The number of aryl methyl sites for hydroxylation is 1. The summed E-state index contributed by atoms with van der Waals surface area (Å²) in [6.45, 7) is 7.52. The minimum Gasteiger partial charge on any atom is -0.496 e. The lowest BCUT2D eigenvalue weighted by Gasteiger charge is -2.17. The highest BCUT2D eigenvalue weighted by atomic mass is 32.2. The second-order valence-electron chi connectivity index (χ2n) is 6.93. The number of benzene rings is 2. The van der Waals surface area contributed by atoms with Gasteiger partial charge in [-0.2, -0.15) is 0 Å². The summed E-state index contributed by atoms with van der Waals surface area (Å²) in [7, 11) is -2.38. The molecule has 0 aliphatic heterocycles. The van der Waals surface area contributed by atoms with Crippen LogP contribution in [0.4, 0.5) is 0 Å². The van der Waals surface area contributed by atoms with Crippen LogP contribution in [0, 0.1) is 0 Å². The Morgan fingerprint density at radius 3 is 2.25 bits per heavy atom. The van der Waals surface area contributed by atoms with Crippen LogP contribution in [0.1, 0.15) is 55.2 Å². The molecule has 0 saturated heterocycles. The van der Waals surface area contributed by atoms with Crippen molar-refractivity contribution < 1.29 is 17.9 Å². The molecule has 28 heavy (non-hydrogen) atoms. The summed E-state index contributed by atoms with van der Waals surface area (Å²) in [6.07, 6.45) is 0.924. The fraction of sp³-hybridized carbons (Fsp3) is 0.381. The van der Waals surface area contributed by atoms with Crippen molar-refractivity contribution in [3.8, 4) is 5.75 Å². The first-order valence-corrected chi connectivity index (χ1v) is 10.8. The molecule has 2 N–H and O–H groups in total. The molecule has 0 radical (unpaired) electrons. The van der Waals surface area contributed by atoms with Gasteiger partial charge in [0.25, 0.3) is 5.91 Å². The fourth-order valence-corrected chi connectivity index (χ4v) is 4.04. The maximum Gasteiger partial charge on any atom is 0.255 e. The van der Waals surface area contributed by atoms with Crippen molar-refractivity contribution in [3.63, 3.8) is 0 Å². The summed E-state index contributed by atoms with van der Waals surface area (Å²) in [6, 6.07) is 11.6. The summed E-state index contributed by atoms with van der Waals surface area (Å²) in [5, 5.41) is 2.76. The highest BCUT2D eigenvalue weighted by Crippen LogP contribution is 2.24. The maximum absolute atomic E-state index is 12.9. The molecule has 0 saturated carbocycles. The Morgan fingerprint density at radius 1 is 1.07 bits per heavy atom. The number of nitrogens with one attached hydrogen (secondary N) is 2. The van der Waals surface area contributed by atoms with Crippen LogP contribution < -0.4 is 14.8 Å². The van der Waals surface area contributed by atoms with E-state index in [1.165, 1.54) is 30.9 Å². The van der Waals surface area contributed by atoms with Gasteiger partial charge in [0, 0.05) is 12.1 Å². The van der Waals surface area contributed by atoms with E-state index in [1.807, 2.05) is 38.1 Å². The third kappa shape index (κ3) is 5.33. The summed E-state index contributed by atoms with van der Waals surface area (Å²) in [4.78, 5) is 12.4. The Balaban J connectivity index is 2.29. The van der Waals surface area contributed by atoms with E-state index in [-0.39, 0.29) is 22.4 Å². The number of sulfonamides is 1. The standard InChI is InChI=1S/C21H28N2O4S/c1-6-16-7-9-17(10-8-16)15(4)23-28(25,26)18-11-12-20(27-5)19(13-18)21(24)22-14(2)3/h7-15,23H,6H2,1-5H3,(H,22,24)/t15-/m0/s1. The van der Waals surface area contributed by atoms with Crippen molar-refractivity contribution in [2.75, 3.05) is 7.11 Å². The molecule has 2 rings (SSSR count). The number of hydrogen-bond acceptors (Lipinski definition) is 4. The summed E-state index contributed by atoms with van der Waals surface area (Å²) in [5.74, 6) is -0.0626. The topological polar surface area (TPSA) is 84.5 Å².